The quantitative estimate of drug-likeness (QED) is 0.800. The van der Waals surface area contributed by atoms with E-state index in [9.17, 15) is 9.59 Å². The molecule has 0 aromatic carbocycles. The molecule has 1 aliphatic heterocycles. The van der Waals surface area contributed by atoms with Crippen LogP contribution in [-0.4, -0.2) is 38.8 Å². The van der Waals surface area contributed by atoms with Gasteiger partial charge in [0.2, 0.25) is 5.91 Å². The predicted molar refractivity (Wildman–Crippen MR) is 80.5 cm³/mol. The third-order valence-corrected chi connectivity index (χ3v) is 4.20. The fraction of sp³-hybridized carbons (Fsp3) is 0.688. The van der Waals surface area contributed by atoms with Gasteiger partial charge in [-0.3, -0.25) is 4.79 Å². The molecular weight excluding hydrogens is 282 g/mol. The highest BCUT2D eigenvalue weighted by atomic mass is 16.6. The normalized spacial score (nSPS) is 21.9. The standard InChI is InChI=1S/C16H23N3O3/c1-16(2,3)22-15(21)19-13-7-4-6-12(11(13)10-17-19)18-9-5-8-14(18)20/h10,12H,4-9H2,1-3H3. The molecule has 1 unspecified atom stereocenters. The minimum Gasteiger partial charge on any atom is -0.442 e. The van der Waals surface area contributed by atoms with Gasteiger partial charge >= 0.3 is 6.09 Å². The summed E-state index contributed by atoms with van der Waals surface area (Å²) in [5, 5.41) is 4.23. The van der Waals surface area contributed by atoms with Crippen LogP contribution in [0.4, 0.5) is 4.79 Å². The van der Waals surface area contributed by atoms with Crippen molar-refractivity contribution in [3.63, 3.8) is 0 Å². The smallest absolute Gasteiger partial charge is 0.435 e. The van der Waals surface area contributed by atoms with Crippen molar-refractivity contribution in [2.24, 2.45) is 0 Å². The second-order valence-electron chi connectivity index (χ2n) is 7.04. The first-order valence-corrected chi connectivity index (χ1v) is 7.96. The summed E-state index contributed by atoms with van der Waals surface area (Å²) in [6.45, 7) is 6.33. The number of amides is 1. The lowest BCUT2D eigenvalue weighted by atomic mass is 9.92. The van der Waals surface area contributed by atoms with E-state index in [4.69, 9.17) is 4.74 Å². The molecule has 120 valence electrons. The highest BCUT2D eigenvalue weighted by Gasteiger charge is 2.35. The number of hydrogen-bond donors (Lipinski definition) is 0. The van der Waals surface area contributed by atoms with E-state index in [2.05, 4.69) is 5.10 Å². The Morgan fingerprint density at radius 1 is 1.32 bits per heavy atom. The Morgan fingerprint density at radius 3 is 2.73 bits per heavy atom. The van der Waals surface area contributed by atoms with E-state index in [1.807, 2.05) is 25.7 Å². The minimum atomic E-state index is -0.547. The molecule has 0 bridgehead atoms. The Balaban J connectivity index is 1.87. The van der Waals surface area contributed by atoms with E-state index in [1.54, 1.807) is 6.20 Å². The highest BCUT2D eigenvalue weighted by molar-refractivity contribution is 5.79. The van der Waals surface area contributed by atoms with Gasteiger partial charge in [0.25, 0.3) is 0 Å². The summed E-state index contributed by atoms with van der Waals surface area (Å²) < 4.78 is 6.78. The summed E-state index contributed by atoms with van der Waals surface area (Å²) in [6, 6.07) is 0.0648. The number of ether oxygens (including phenoxy) is 1. The third-order valence-electron chi connectivity index (χ3n) is 4.20. The molecule has 1 amide bonds. The van der Waals surface area contributed by atoms with Gasteiger partial charge in [-0.15, -0.1) is 0 Å². The molecule has 1 atom stereocenters. The first-order chi connectivity index (χ1) is 10.4. The average Bonchev–Trinajstić information content (AvgIpc) is 3.02. The Morgan fingerprint density at radius 2 is 2.09 bits per heavy atom. The number of carbonyl (C=O) groups is 2. The molecule has 1 aromatic heterocycles. The van der Waals surface area contributed by atoms with Crippen LogP contribution in [0.25, 0.3) is 0 Å². The maximum atomic E-state index is 12.3. The Kier molecular flexibility index (Phi) is 3.70. The van der Waals surface area contributed by atoms with Gasteiger partial charge in [-0.05, 0) is 46.5 Å². The van der Waals surface area contributed by atoms with Gasteiger partial charge in [-0.2, -0.15) is 9.78 Å². The van der Waals surface area contributed by atoms with Gasteiger partial charge in [-0.1, -0.05) is 0 Å². The van der Waals surface area contributed by atoms with Gasteiger partial charge in [0.1, 0.15) is 5.60 Å². The number of likely N-dealkylation sites (tertiary alicyclic amines) is 1. The van der Waals surface area contributed by atoms with Crippen molar-refractivity contribution in [1.29, 1.82) is 0 Å². The van der Waals surface area contributed by atoms with E-state index < -0.39 is 11.7 Å². The first kappa shape index (κ1) is 15.1. The molecular formula is C16H23N3O3. The van der Waals surface area contributed by atoms with E-state index in [1.165, 1.54) is 4.68 Å². The molecule has 1 saturated heterocycles. The van der Waals surface area contributed by atoms with Crippen molar-refractivity contribution in [2.75, 3.05) is 6.54 Å². The number of nitrogens with zero attached hydrogens (tertiary/aromatic N) is 3. The van der Waals surface area contributed by atoms with Crippen molar-refractivity contribution >= 4 is 12.0 Å². The van der Waals surface area contributed by atoms with E-state index >= 15 is 0 Å². The molecule has 3 rings (SSSR count). The van der Waals surface area contributed by atoms with Crippen LogP contribution in [0.2, 0.25) is 0 Å². The summed E-state index contributed by atoms with van der Waals surface area (Å²) >= 11 is 0. The summed E-state index contributed by atoms with van der Waals surface area (Å²) in [5.74, 6) is 0.211. The maximum Gasteiger partial charge on any atom is 0.435 e. The van der Waals surface area contributed by atoms with Crippen LogP contribution in [0.5, 0.6) is 0 Å². The average molecular weight is 305 g/mol. The maximum absolute atomic E-state index is 12.3. The summed E-state index contributed by atoms with van der Waals surface area (Å²) in [6.07, 6.45) is 5.54. The lowest BCUT2D eigenvalue weighted by Crippen LogP contribution is -2.33. The molecule has 2 heterocycles. The molecule has 22 heavy (non-hydrogen) atoms. The second kappa shape index (κ2) is 5.41. The van der Waals surface area contributed by atoms with Crippen molar-refractivity contribution < 1.29 is 14.3 Å². The molecule has 1 aliphatic carbocycles. The Hall–Kier alpha value is -1.85. The number of aromatic nitrogens is 2. The SMILES string of the molecule is CC(C)(C)OC(=O)n1ncc2c1CCCC2N1CCCC1=O. The van der Waals surface area contributed by atoms with Gasteiger partial charge in [0.05, 0.1) is 17.9 Å². The van der Waals surface area contributed by atoms with Crippen LogP contribution in [0.1, 0.15) is 63.8 Å². The van der Waals surface area contributed by atoms with Gasteiger partial charge in [0.15, 0.2) is 0 Å². The van der Waals surface area contributed by atoms with Crippen LogP contribution in [0.15, 0.2) is 6.20 Å². The molecule has 0 saturated carbocycles. The fourth-order valence-electron chi connectivity index (χ4n) is 3.32. The molecule has 1 aromatic rings. The topological polar surface area (TPSA) is 64.4 Å². The molecule has 2 aliphatic rings. The molecule has 0 spiro atoms. The molecule has 1 fully saturated rings. The van der Waals surface area contributed by atoms with E-state index in [0.717, 1.165) is 43.5 Å². The van der Waals surface area contributed by atoms with Crippen molar-refractivity contribution in [3.8, 4) is 0 Å². The van der Waals surface area contributed by atoms with Crippen molar-refractivity contribution in [2.45, 2.75) is 64.5 Å². The van der Waals surface area contributed by atoms with Crippen LogP contribution in [0.3, 0.4) is 0 Å². The zero-order valence-electron chi connectivity index (χ0n) is 13.5. The van der Waals surface area contributed by atoms with Crippen LogP contribution in [-0.2, 0) is 16.0 Å². The molecule has 0 N–H and O–H groups in total. The van der Waals surface area contributed by atoms with Crippen molar-refractivity contribution in [3.05, 3.63) is 17.5 Å². The van der Waals surface area contributed by atoms with Crippen LogP contribution < -0.4 is 0 Å². The molecule has 6 nitrogen and oxygen atoms in total. The van der Waals surface area contributed by atoms with Crippen LogP contribution >= 0.6 is 0 Å². The number of rotatable bonds is 1. The largest absolute Gasteiger partial charge is 0.442 e. The summed E-state index contributed by atoms with van der Waals surface area (Å²) in [7, 11) is 0. The van der Waals surface area contributed by atoms with E-state index in [-0.39, 0.29) is 11.9 Å². The summed E-state index contributed by atoms with van der Waals surface area (Å²) in [4.78, 5) is 26.2. The number of hydrogen-bond acceptors (Lipinski definition) is 4. The lowest BCUT2D eigenvalue weighted by molar-refractivity contribution is -0.130. The van der Waals surface area contributed by atoms with Gasteiger partial charge in [-0.25, -0.2) is 4.79 Å². The third kappa shape index (κ3) is 2.74. The zero-order chi connectivity index (χ0) is 15.9. The fourth-order valence-corrected chi connectivity index (χ4v) is 3.32. The highest BCUT2D eigenvalue weighted by Crippen LogP contribution is 2.36. The van der Waals surface area contributed by atoms with Gasteiger partial charge < -0.3 is 9.64 Å². The predicted octanol–water partition coefficient (Wildman–Crippen LogP) is 2.67. The van der Waals surface area contributed by atoms with Crippen LogP contribution in [0, 0.1) is 0 Å². The second-order valence-corrected chi connectivity index (χ2v) is 7.04. The minimum absolute atomic E-state index is 0.0648. The van der Waals surface area contributed by atoms with E-state index in [0.29, 0.717) is 6.42 Å². The first-order valence-electron chi connectivity index (χ1n) is 7.96. The number of fused-ring (bicyclic) bond motifs is 1. The van der Waals surface area contributed by atoms with Crippen molar-refractivity contribution in [1.82, 2.24) is 14.7 Å². The molecule has 6 heteroatoms. The van der Waals surface area contributed by atoms with Gasteiger partial charge in [0, 0.05) is 18.5 Å². The monoisotopic (exact) mass is 305 g/mol. The zero-order valence-corrected chi connectivity index (χ0v) is 13.5. The number of carbonyl (C=O) groups excluding carboxylic acids is 2. The summed E-state index contributed by atoms with van der Waals surface area (Å²) in [5.41, 5.74) is 1.35. The lowest BCUT2D eigenvalue weighted by Gasteiger charge is -2.31. The Bertz CT molecular complexity index is 600. The molecule has 0 radical (unpaired) electrons. The Labute approximate surface area is 130 Å².